The zero-order chi connectivity index (χ0) is 14.0. The Morgan fingerprint density at radius 3 is 2.89 bits per heavy atom. The molecule has 5 nitrogen and oxygen atoms in total. The van der Waals surface area contributed by atoms with E-state index in [0.29, 0.717) is 6.54 Å². The van der Waals surface area contributed by atoms with Crippen LogP contribution >= 0.6 is 11.3 Å². The van der Waals surface area contributed by atoms with Crippen molar-refractivity contribution in [2.75, 3.05) is 18.0 Å². The number of aryl methyl sites for hydroxylation is 1. The predicted octanol–water partition coefficient (Wildman–Crippen LogP) is 2.55. The smallest absolute Gasteiger partial charge is 0.308 e. The number of aromatic nitrogens is 2. The fourth-order valence-corrected chi connectivity index (χ4v) is 2.83. The van der Waals surface area contributed by atoms with Gasteiger partial charge in [-0.2, -0.15) is 0 Å². The summed E-state index contributed by atoms with van der Waals surface area (Å²) in [6, 6.07) is 2.06. The molecule has 0 fully saturated rings. The molecule has 1 N–H and O–H groups in total. The van der Waals surface area contributed by atoms with Crippen molar-refractivity contribution >= 4 is 33.3 Å². The van der Waals surface area contributed by atoms with Crippen LogP contribution in [0.25, 0.3) is 10.2 Å². The average molecular weight is 279 g/mol. The summed E-state index contributed by atoms with van der Waals surface area (Å²) in [6.45, 7) is 6.92. The van der Waals surface area contributed by atoms with Crippen LogP contribution < -0.4 is 4.90 Å². The van der Waals surface area contributed by atoms with Crippen molar-refractivity contribution in [2.45, 2.75) is 20.8 Å². The van der Waals surface area contributed by atoms with E-state index in [4.69, 9.17) is 5.11 Å². The topological polar surface area (TPSA) is 66.3 Å². The van der Waals surface area contributed by atoms with Crippen LogP contribution in [0.2, 0.25) is 0 Å². The number of hydrogen-bond acceptors (Lipinski definition) is 5. The maximum atomic E-state index is 11.0. The van der Waals surface area contributed by atoms with Gasteiger partial charge in [0.15, 0.2) is 0 Å². The Balaban J connectivity index is 2.37. The number of thiophene rings is 1. The van der Waals surface area contributed by atoms with Gasteiger partial charge in [0.25, 0.3) is 0 Å². The number of anilines is 1. The van der Waals surface area contributed by atoms with Crippen molar-refractivity contribution in [1.82, 2.24) is 9.97 Å². The SMILES string of the molecule is CCN(CC(C)C(=O)O)c1ncnc2sc(C)cc12. The minimum absolute atomic E-state index is 0.426. The van der Waals surface area contributed by atoms with Gasteiger partial charge in [0, 0.05) is 18.0 Å². The molecule has 0 saturated carbocycles. The van der Waals surface area contributed by atoms with Crippen molar-refractivity contribution in [3.63, 3.8) is 0 Å². The van der Waals surface area contributed by atoms with E-state index in [1.54, 1.807) is 24.6 Å². The molecule has 1 unspecified atom stereocenters. The Kier molecular flexibility index (Phi) is 3.99. The van der Waals surface area contributed by atoms with Gasteiger partial charge in [-0.15, -0.1) is 11.3 Å². The first-order valence-electron chi connectivity index (χ1n) is 6.21. The number of aliphatic carboxylic acids is 1. The minimum Gasteiger partial charge on any atom is -0.481 e. The second-order valence-electron chi connectivity index (χ2n) is 4.55. The van der Waals surface area contributed by atoms with Crippen molar-refractivity contribution in [2.24, 2.45) is 5.92 Å². The summed E-state index contributed by atoms with van der Waals surface area (Å²) in [6.07, 6.45) is 1.54. The molecule has 0 spiro atoms. The molecule has 2 rings (SSSR count). The highest BCUT2D eigenvalue weighted by Gasteiger charge is 2.18. The Bertz CT molecular complexity index is 597. The molecule has 0 saturated heterocycles. The molecular formula is C13H17N3O2S. The van der Waals surface area contributed by atoms with Gasteiger partial charge < -0.3 is 10.0 Å². The Morgan fingerprint density at radius 1 is 1.53 bits per heavy atom. The van der Waals surface area contributed by atoms with Gasteiger partial charge in [-0.3, -0.25) is 4.79 Å². The zero-order valence-electron chi connectivity index (χ0n) is 11.3. The van der Waals surface area contributed by atoms with Crippen LogP contribution in [0, 0.1) is 12.8 Å². The molecule has 0 aliphatic rings. The van der Waals surface area contributed by atoms with Gasteiger partial charge in [0.2, 0.25) is 0 Å². The highest BCUT2D eigenvalue weighted by Crippen LogP contribution is 2.29. The van der Waals surface area contributed by atoms with E-state index < -0.39 is 11.9 Å². The predicted molar refractivity (Wildman–Crippen MR) is 76.8 cm³/mol. The molecule has 0 amide bonds. The first-order valence-corrected chi connectivity index (χ1v) is 7.03. The molecule has 19 heavy (non-hydrogen) atoms. The largest absolute Gasteiger partial charge is 0.481 e. The Hall–Kier alpha value is -1.69. The summed E-state index contributed by atoms with van der Waals surface area (Å²) in [5, 5.41) is 10.0. The number of rotatable bonds is 5. The first kappa shape index (κ1) is 13.7. The number of carboxylic acids is 1. The number of fused-ring (bicyclic) bond motifs is 1. The van der Waals surface area contributed by atoms with Crippen molar-refractivity contribution in [3.05, 3.63) is 17.3 Å². The second kappa shape index (κ2) is 5.52. The monoisotopic (exact) mass is 279 g/mol. The van der Waals surface area contributed by atoms with Crippen LogP contribution in [0.15, 0.2) is 12.4 Å². The molecule has 0 aliphatic carbocycles. The van der Waals surface area contributed by atoms with Crippen LogP contribution in [-0.2, 0) is 4.79 Å². The zero-order valence-corrected chi connectivity index (χ0v) is 12.1. The maximum Gasteiger partial charge on any atom is 0.308 e. The summed E-state index contributed by atoms with van der Waals surface area (Å²) >= 11 is 1.63. The normalized spacial score (nSPS) is 12.6. The lowest BCUT2D eigenvalue weighted by atomic mass is 10.1. The van der Waals surface area contributed by atoms with E-state index in [-0.39, 0.29) is 0 Å². The van der Waals surface area contributed by atoms with Gasteiger partial charge in [-0.25, -0.2) is 9.97 Å². The molecule has 2 aromatic rings. The summed E-state index contributed by atoms with van der Waals surface area (Å²) in [5.74, 6) is -0.389. The average Bonchev–Trinajstić information content (AvgIpc) is 2.75. The van der Waals surface area contributed by atoms with Crippen LogP contribution in [0.3, 0.4) is 0 Å². The summed E-state index contributed by atoms with van der Waals surface area (Å²) in [7, 11) is 0. The molecule has 0 radical (unpaired) electrons. The van der Waals surface area contributed by atoms with Crippen LogP contribution in [0.4, 0.5) is 5.82 Å². The van der Waals surface area contributed by atoms with E-state index >= 15 is 0 Å². The fraction of sp³-hybridized carbons (Fsp3) is 0.462. The van der Waals surface area contributed by atoms with Crippen LogP contribution in [0.1, 0.15) is 18.7 Å². The van der Waals surface area contributed by atoms with Gasteiger partial charge in [0.1, 0.15) is 17.0 Å². The molecular weight excluding hydrogens is 262 g/mol. The van der Waals surface area contributed by atoms with E-state index in [2.05, 4.69) is 16.0 Å². The summed E-state index contributed by atoms with van der Waals surface area (Å²) in [5.41, 5.74) is 0. The fourth-order valence-electron chi connectivity index (χ4n) is 1.99. The number of carbonyl (C=O) groups is 1. The summed E-state index contributed by atoms with van der Waals surface area (Å²) in [4.78, 5) is 23.7. The highest BCUT2D eigenvalue weighted by atomic mass is 32.1. The lowest BCUT2D eigenvalue weighted by Gasteiger charge is -2.24. The lowest BCUT2D eigenvalue weighted by molar-refractivity contribution is -0.140. The number of hydrogen-bond donors (Lipinski definition) is 1. The molecule has 2 heterocycles. The molecule has 1 atom stereocenters. The molecule has 0 aromatic carbocycles. The van der Waals surface area contributed by atoms with Gasteiger partial charge in [-0.1, -0.05) is 6.92 Å². The number of carboxylic acid groups (broad SMARTS) is 1. The van der Waals surface area contributed by atoms with Gasteiger partial charge in [0.05, 0.1) is 11.3 Å². The first-order chi connectivity index (χ1) is 9.02. The highest BCUT2D eigenvalue weighted by molar-refractivity contribution is 7.18. The van der Waals surface area contributed by atoms with Crippen molar-refractivity contribution < 1.29 is 9.90 Å². The molecule has 102 valence electrons. The second-order valence-corrected chi connectivity index (χ2v) is 5.79. The molecule has 0 bridgehead atoms. The Morgan fingerprint density at radius 2 is 2.26 bits per heavy atom. The Labute approximate surface area is 115 Å². The van der Waals surface area contributed by atoms with Crippen LogP contribution in [0.5, 0.6) is 0 Å². The van der Waals surface area contributed by atoms with Crippen LogP contribution in [-0.4, -0.2) is 34.1 Å². The molecule has 0 aliphatic heterocycles. The number of nitrogens with zero attached hydrogens (tertiary/aromatic N) is 3. The molecule has 6 heteroatoms. The van der Waals surface area contributed by atoms with Gasteiger partial charge >= 0.3 is 5.97 Å². The van der Waals surface area contributed by atoms with Crippen molar-refractivity contribution in [3.8, 4) is 0 Å². The standard InChI is InChI=1S/C13H17N3O2S/c1-4-16(6-8(2)13(17)18)11-10-5-9(3)19-12(10)15-7-14-11/h5,7-8H,4,6H2,1-3H3,(H,17,18). The third kappa shape index (κ3) is 2.84. The third-order valence-corrected chi connectivity index (χ3v) is 3.99. The third-order valence-electron chi connectivity index (χ3n) is 3.03. The minimum atomic E-state index is -0.787. The molecule has 2 aromatic heterocycles. The van der Waals surface area contributed by atoms with E-state index in [1.165, 1.54) is 4.88 Å². The van der Waals surface area contributed by atoms with Crippen molar-refractivity contribution in [1.29, 1.82) is 0 Å². The van der Waals surface area contributed by atoms with E-state index in [1.807, 2.05) is 18.7 Å². The maximum absolute atomic E-state index is 11.0. The summed E-state index contributed by atoms with van der Waals surface area (Å²) < 4.78 is 0. The van der Waals surface area contributed by atoms with Gasteiger partial charge in [-0.05, 0) is 19.9 Å². The quantitative estimate of drug-likeness (QED) is 0.911. The lowest BCUT2D eigenvalue weighted by Crippen LogP contribution is -2.32. The van der Waals surface area contributed by atoms with E-state index in [0.717, 1.165) is 22.6 Å². The van der Waals surface area contributed by atoms with E-state index in [9.17, 15) is 4.79 Å².